The third-order valence-electron chi connectivity index (χ3n) is 4.43. The Labute approximate surface area is 129 Å². The fourth-order valence-electron chi connectivity index (χ4n) is 3.75. The second-order valence-electron chi connectivity index (χ2n) is 7.18. The van der Waals surface area contributed by atoms with E-state index in [1.807, 2.05) is 6.07 Å². The number of ether oxygens (including phenoxy) is 2. The molecule has 0 saturated heterocycles. The van der Waals surface area contributed by atoms with Crippen molar-refractivity contribution in [3.63, 3.8) is 0 Å². The number of benzene rings is 1. The van der Waals surface area contributed by atoms with Crippen LogP contribution in [0.3, 0.4) is 0 Å². The van der Waals surface area contributed by atoms with Crippen LogP contribution in [-0.4, -0.2) is 20.3 Å². The van der Waals surface area contributed by atoms with Crippen molar-refractivity contribution in [3.05, 3.63) is 23.8 Å². The Kier molecular flexibility index (Phi) is 5.15. The second kappa shape index (κ2) is 6.69. The molecule has 2 atom stereocenters. The molecule has 0 aliphatic heterocycles. The highest BCUT2D eigenvalue weighted by Gasteiger charge is 2.31. The highest BCUT2D eigenvalue weighted by atomic mass is 16.5. The van der Waals surface area contributed by atoms with Crippen LogP contribution in [0.5, 0.6) is 11.5 Å². The lowest BCUT2D eigenvalue weighted by atomic mass is 9.70. The first-order chi connectivity index (χ1) is 9.93. The van der Waals surface area contributed by atoms with Crippen molar-refractivity contribution in [3.8, 4) is 11.5 Å². The van der Waals surface area contributed by atoms with E-state index in [0.717, 1.165) is 24.0 Å². The minimum absolute atomic E-state index is 0.451. The molecule has 1 aromatic rings. The number of hydrogen-bond acceptors (Lipinski definition) is 3. The molecule has 1 aromatic carbocycles. The second-order valence-corrected chi connectivity index (χ2v) is 7.18. The van der Waals surface area contributed by atoms with Gasteiger partial charge in [0.1, 0.15) is 0 Å². The standard InChI is InChI=1S/C18H29NO2/c1-13-8-15(11-18(2,3)10-13)19-12-14-6-7-16(20-4)17(9-14)21-5/h6-7,9,13,15,19H,8,10-12H2,1-5H3. The van der Waals surface area contributed by atoms with Crippen LogP contribution in [0.15, 0.2) is 18.2 Å². The van der Waals surface area contributed by atoms with Gasteiger partial charge in [0, 0.05) is 12.6 Å². The van der Waals surface area contributed by atoms with Gasteiger partial charge in [-0.25, -0.2) is 0 Å². The van der Waals surface area contributed by atoms with Crippen molar-refractivity contribution >= 4 is 0 Å². The van der Waals surface area contributed by atoms with Gasteiger partial charge in [0.2, 0.25) is 0 Å². The van der Waals surface area contributed by atoms with E-state index in [2.05, 4.69) is 38.2 Å². The molecule has 1 saturated carbocycles. The Morgan fingerprint density at radius 1 is 1.14 bits per heavy atom. The molecular weight excluding hydrogens is 262 g/mol. The van der Waals surface area contributed by atoms with Crippen LogP contribution in [0.1, 0.15) is 45.6 Å². The van der Waals surface area contributed by atoms with Crippen LogP contribution in [0.4, 0.5) is 0 Å². The van der Waals surface area contributed by atoms with E-state index in [1.165, 1.54) is 24.8 Å². The van der Waals surface area contributed by atoms with E-state index in [9.17, 15) is 0 Å². The lowest BCUT2D eigenvalue weighted by Gasteiger charge is -2.39. The van der Waals surface area contributed by atoms with Crippen molar-refractivity contribution in [2.24, 2.45) is 11.3 Å². The molecule has 1 N–H and O–H groups in total. The van der Waals surface area contributed by atoms with Crippen molar-refractivity contribution in [2.75, 3.05) is 14.2 Å². The van der Waals surface area contributed by atoms with Crippen LogP contribution < -0.4 is 14.8 Å². The highest BCUT2D eigenvalue weighted by Crippen LogP contribution is 2.38. The van der Waals surface area contributed by atoms with Gasteiger partial charge in [-0.1, -0.05) is 26.8 Å². The molecule has 3 heteroatoms. The Bertz CT molecular complexity index is 470. The number of nitrogens with one attached hydrogen (secondary N) is 1. The van der Waals surface area contributed by atoms with Crippen LogP contribution in [0.2, 0.25) is 0 Å². The van der Waals surface area contributed by atoms with Crippen molar-refractivity contribution in [1.82, 2.24) is 5.32 Å². The van der Waals surface area contributed by atoms with Gasteiger partial charge in [-0.05, 0) is 48.3 Å². The normalized spacial score (nSPS) is 24.6. The van der Waals surface area contributed by atoms with E-state index in [0.29, 0.717) is 11.5 Å². The maximum Gasteiger partial charge on any atom is 0.161 e. The van der Waals surface area contributed by atoms with Gasteiger partial charge in [0.25, 0.3) is 0 Å². The average molecular weight is 291 g/mol. The summed E-state index contributed by atoms with van der Waals surface area (Å²) >= 11 is 0. The van der Waals surface area contributed by atoms with Crippen molar-refractivity contribution < 1.29 is 9.47 Å². The third-order valence-corrected chi connectivity index (χ3v) is 4.43. The SMILES string of the molecule is COc1ccc(CNC2CC(C)CC(C)(C)C2)cc1OC. The topological polar surface area (TPSA) is 30.5 Å². The lowest BCUT2D eigenvalue weighted by molar-refractivity contribution is 0.151. The van der Waals surface area contributed by atoms with E-state index in [1.54, 1.807) is 14.2 Å². The monoisotopic (exact) mass is 291 g/mol. The summed E-state index contributed by atoms with van der Waals surface area (Å²) in [5.74, 6) is 2.39. The largest absolute Gasteiger partial charge is 0.493 e. The van der Waals surface area contributed by atoms with Gasteiger partial charge in [-0.3, -0.25) is 0 Å². The number of rotatable bonds is 5. The summed E-state index contributed by atoms with van der Waals surface area (Å²) in [5.41, 5.74) is 1.69. The van der Waals surface area contributed by atoms with Gasteiger partial charge in [-0.15, -0.1) is 0 Å². The highest BCUT2D eigenvalue weighted by molar-refractivity contribution is 5.42. The predicted molar refractivity (Wildman–Crippen MR) is 87.0 cm³/mol. The molecule has 1 aliphatic rings. The van der Waals surface area contributed by atoms with Crippen LogP contribution in [0.25, 0.3) is 0 Å². The summed E-state index contributed by atoms with van der Waals surface area (Å²) in [6.07, 6.45) is 3.86. The molecule has 2 unspecified atom stereocenters. The van der Waals surface area contributed by atoms with Gasteiger partial charge in [0.05, 0.1) is 14.2 Å². The van der Waals surface area contributed by atoms with Crippen LogP contribution >= 0.6 is 0 Å². The fourth-order valence-corrected chi connectivity index (χ4v) is 3.75. The molecule has 0 spiro atoms. The molecule has 0 bridgehead atoms. The minimum atomic E-state index is 0.451. The molecule has 1 fully saturated rings. The number of hydrogen-bond donors (Lipinski definition) is 1. The predicted octanol–water partition coefficient (Wildman–Crippen LogP) is 4.01. The minimum Gasteiger partial charge on any atom is -0.493 e. The summed E-state index contributed by atoms with van der Waals surface area (Å²) in [6.45, 7) is 8.02. The van der Waals surface area contributed by atoms with Gasteiger partial charge >= 0.3 is 0 Å². The molecule has 0 amide bonds. The number of methoxy groups -OCH3 is 2. The van der Waals surface area contributed by atoms with Crippen molar-refractivity contribution in [1.29, 1.82) is 0 Å². The third kappa shape index (κ3) is 4.37. The van der Waals surface area contributed by atoms with Crippen LogP contribution in [-0.2, 0) is 6.54 Å². The van der Waals surface area contributed by atoms with Crippen molar-refractivity contribution in [2.45, 2.75) is 52.6 Å². The zero-order valence-corrected chi connectivity index (χ0v) is 14.0. The first-order valence-corrected chi connectivity index (χ1v) is 7.88. The lowest BCUT2D eigenvalue weighted by Crippen LogP contribution is -2.39. The first kappa shape index (κ1) is 16.2. The molecule has 2 rings (SSSR count). The zero-order chi connectivity index (χ0) is 15.5. The van der Waals surface area contributed by atoms with Gasteiger partial charge < -0.3 is 14.8 Å². The molecule has 0 heterocycles. The fraction of sp³-hybridized carbons (Fsp3) is 0.667. The first-order valence-electron chi connectivity index (χ1n) is 7.88. The zero-order valence-electron chi connectivity index (χ0n) is 14.0. The summed E-state index contributed by atoms with van der Waals surface area (Å²) in [4.78, 5) is 0. The quantitative estimate of drug-likeness (QED) is 0.889. The average Bonchev–Trinajstić information content (AvgIpc) is 2.42. The molecule has 0 aromatic heterocycles. The molecular formula is C18H29NO2. The van der Waals surface area contributed by atoms with E-state index < -0.39 is 0 Å². The smallest absolute Gasteiger partial charge is 0.161 e. The van der Waals surface area contributed by atoms with E-state index in [-0.39, 0.29) is 0 Å². The molecule has 118 valence electrons. The Hall–Kier alpha value is -1.22. The Morgan fingerprint density at radius 3 is 2.48 bits per heavy atom. The van der Waals surface area contributed by atoms with Gasteiger partial charge in [0.15, 0.2) is 11.5 Å². The summed E-state index contributed by atoms with van der Waals surface area (Å²) in [5, 5.41) is 3.72. The van der Waals surface area contributed by atoms with Crippen LogP contribution in [0, 0.1) is 11.3 Å². The molecule has 21 heavy (non-hydrogen) atoms. The summed E-state index contributed by atoms with van der Waals surface area (Å²) in [6, 6.07) is 6.75. The molecule has 1 aliphatic carbocycles. The van der Waals surface area contributed by atoms with Gasteiger partial charge in [-0.2, -0.15) is 0 Å². The molecule has 3 nitrogen and oxygen atoms in total. The van der Waals surface area contributed by atoms with E-state index >= 15 is 0 Å². The summed E-state index contributed by atoms with van der Waals surface area (Å²) < 4.78 is 10.6. The maximum atomic E-state index is 5.37. The maximum absolute atomic E-state index is 5.37. The van der Waals surface area contributed by atoms with E-state index in [4.69, 9.17) is 9.47 Å². The summed E-state index contributed by atoms with van der Waals surface area (Å²) in [7, 11) is 3.35. The Balaban J connectivity index is 1.96. The Morgan fingerprint density at radius 2 is 1.86 bits per heavy atom. The molecule has 0 radical (unpaired) electrons.